The monoisotopic (exact) mass is 592 g/mol. The molecule has 0 saturated carbocycles. The minimum absolute atomic E-state index is 0.0518. The molecule has 0 saturated heterocycles. The van der Waals surface area contributed by atoms with Crippen LogP contribution in [0.4, 0.5) is 14.5 Å². The Morgan fingerprint density at radius 3 is 2.38 bits per heavy atom. The van der Waals surface area contributed by atoms with Gasteiger partial charge in [0.25, 0.3) is 11.8 Å². The van der Waals surface area contributed by atoms with E-state index in [1.54, 1.807) is 20.0 Å². The Balaban J connectivity index is 1.45. The topological polar surface area (TPSA) is 105 Å². The average Bonchev–Trinajstić information content (AvgIpc) is 2.98. The third-order valence-electron chi connectivity index (χ3n) is 6.61. The predicted molar refractivity (Wildman–Crippen MR) is 154 cm³/mol. The number of carbonyl (C=O) groups is 1. The number of nitrogens with one attached hydrogen (secondary N) is 1. The molecule has 0 unspecified atom stereocenters. The molecule has 12 heteroatoms. The molecule has 3 aromatic heterocycles. The molecule has 0 aliphatic heterocycles. The van der Waals surface area contributed by atoms with E-state index in [1.807, 2.05) is 0 Å². The Morgan fingerprint density at radius 1 is 0.976 bits per heavy atom. The average molecular weight is 593 g/mol. The van der Waals surface area contributed by atoms with Gasteiger partial charge in [-0.1, -0.05) is 23.7 Å². The Hall–Kier alpha value is -5.03. The lowest BCUT2D eigenvalue weighted by molar-refractivity contribution is 0.102. The molecule has 42 heavy (non-hydrogen) atoms. The fourth-order valence-corrected chi connectivity index (χ4v) is 4.68. The Bertz CT molecular complexity index is 1910. The molecule has 1 N–H and O–H groups in total. The van der Waals surface area contributed by atoms with Gasteiger partial charge in [-0.15, -0.1) is 0 Å². The van der Waals surface area contributed by atoms with Crippen LogP contribution in [0, 0.1) is 18.6 Å². The lowest BCUT2D eigenvalue weighted by Crippen LogP contribution is -2.27. The minimum Gasteiger partial charge on any atom is -0.491 e. The summed E-state index contributed by atoms with van der Waals surface area (Å²) in [6, 6.07) is 12.2. The van der Waals surface area contributed by atoms with Crippen LogP contribution in [0.15, 0.2) is 65.6 Å². The first-order valence-electron chi connectivity index (χ1n) is 12.4. The van der Waals surface area contributed by atoms with Gasteiger partial charge >= 0.3 is 0 Å². The number of halogens is 3. The van der Waals surface area contributed by atoms with Crippen molar-refractivity contribution in [3.63, 3.8) is 0 Å². The molecule has 214 valence electrons. The highest BCUT2D eigenvalue weighted by Crippen LogP contribution is 2.35. The maximum Gasteiger partial charge on any atom is 0.262 e. The number of fused-ring (bicyclic) bond motifs is 1. The molecular formula is C30H23ClF2N4O5. The van der Waals surface area contributed by atoms with E-state index in [1.165, 1.54) is 67.4 Å². The van der Waals surface area contributed by atoms with Crippen LogP contribution in [0.3, 0.4) is 0 Å². The summed E-state index contributed by atoms with van der Waals surface area (Å²) in [6.07, 6.45) is 1.48. The number of hydrogen-bond acceptors (Lipinski definition) is 7. The van der Waals surface area contributed by atoms with Crippen LogP contribution in [0.25, 0.3) is 22.2 Å². The van der Waals surface area contributed by atoms with Crippen LogP contribution in [-0.2, 0) is 7.05 Å². The van der Waals surface area contributed by atoms with E-state index in [-0.39, 0.29) is 39.3 Å². The molecule has 0 fully saturated rings. The zero-order valence-corrected chi connectivity index (χ0v) is 23.5. The molecule has 0 aliphatic rings. The van der Waals surface area contributed by atoms with E-state index >= 15 is 4.39 Å². The van der Waals surface area contributed by atoms with Crippen molar-refractivity contribution in [3.8, 4) is 34.3 Å². The number of methoxy groups -OCH3 is 2. The minimum atomic E-state index is -0.845. The molecule has 0 aliphatic carbocycles. The van der Waals surface area contributed by atoms with Gasteiger partial charge in [0.2, 0.25) is 5.43 Å². The van der Waals surface area contributed by atoms with Gasteiger partial charge in [0, 0.05) is 48.4 Å². The summed E-state index contributed by atoms with van der Waals surface area (Å²) in [7, 11) is 4.50. The lowest BCUT2D eigenvalue weighted by atomic mass is 10.0. The van der Waals surface area contributed by atoms with Crippen molar-refractivity contribution >= 4 is 34.2 Å². The maximum absolute atomic E-state index is 15.2. The summed E-state index contributed by atoms with van der Waals surface area (Å²) in [6.45, 7) is 1.66. The first kappa shape index (κ1) is 28.5. The Labute approximate surface area is 243 Å². The third kappa shape index (κ3) is 5.21. The molecule has 0 radical (unpaired) electrons. The van der Waals surface area contributed by atoms with Crippen LogP contribution in [0.2, 0.25) is 5.15 Å². The summed E-state index contributed by atoms with van der Waals surface area (Å²) in [5.74, 6) is -1.49. The molecule has 5 rings (SSSR count). The first-order chi connectivity index (χ1) is 20.1. The van der Waals surface area contributed by atoms with E-state index < -0.39 is 23.0 Å². The standard InChI is InChI=1S/C30H23ClF2N4O5/c1-15-24(16-5-7-17(32)8-6-16)27(38)25(28(31)37(15)2)29(39)35-18-9-10-21(19(33)13-18)42-22-11-12-34-20-14-23(40-3)30(41-4)36-26(20)22/h5-14H,1-4H3,(H,35,39). The van der Waals surface area contributed by atoms with Crippen molar-refractivity contribution in [3.05, 3.63) is 99.1 Å². The predicted octanol–water partition coefficient (Wildman–Crippen LogP) is 6.30. The van der Waals surface area contributed by atoms with Gasteiger partial charge in [0.1, 0.15) is 22.1 Å². The molecule has 0 atom stereocenters. The van der Waals surface area contributed by atoms with E-state index in [9.17, 15) is 14.0 Å². The summed E-state index contributed by atoms with van der Waals surface area (Å²) in [5, 5.41) is 2.41. The zero-order chi connectivity index (χ0) is 30.1. The number of rotatable bonds is 7. The molecule has 3 heterocycles. The summed E-state index contributed by atoms with van der Waals surface area (Å²) in [4.78, 5) is 35.3. The largest absolute Gasteiger partial charge is 0.491 e. The summed E-state index contributed by atoms with van der Waals surface area (Å²) < 4.78 is 46.4. The second-order valence-corrected chi connectivity index (χ2v) is 9.46. The third-order valence-corrected chi connectivity index (χ3v) is 7.05. The highest BCUT2D eigenvalue weighted by molar-refractivity contribution is 6.33. The molecule has 1 amide bonds. The fraction of sp³-hybridized carbons (Fsp3) is 0.133. The molecule has 0 spiro atoms. The highest BCUT2D eigenvalue weighted by atomic mass is 35.5. The van der Waals surface area contributed by atoms with Gasteiger partial charge < -0.3 is 24.1 Å². The fourth-order valence-electron chi connectivity index (χ4n) is 4.38. The number of nitrogens with zero attached hydrogens (tertiary/aromatic N) is 3. The van der Waals surface area contributed by atoms with Gasteiger partial charge in [-0.05, 0) is 36.8 Å². The van der Waals surface area contributed by atoms with E-state index in [4.69, 9.17) is 25.8 Å². The van der Waals surface area contributed by atoms with Crippen molar-refractivity contribution in [2.24, 2.45) is 7.05 Å². The number of hydrogen-bond donors (Lipinski definition) is 1. The molecule has 5 aromatic rings. The van der Waals surface area contributed by atoms with E-state index in [0.29, 0.717) is 28.0 Å². The second kappa shape index (κ2) is 11.5. The van der Waals surface area contributed by atoms with Gasteiger partial charge in [0.15, 0.2) is 23.1 Å². The quantitative estimate of drug-likeness (QED) is 0.221. The van der Waals surface area contributed by atoms with Crippen molar-refractivity contribution in [2.45, 2.75) is 6.92 Å². The zero-order valence-electron chi connectivity index (χ0n) is 22.8. The van der Waals surface area contributed by atoms with Crippen LogP contribution >= 0.6 is 11.6 Å². The van der Waals surface area contributed by atoms with Crippen LogP contribution in [-0.4, -0.2) is 34.7 Å². The van der Waals surface area contributed by atoms with Crippen molar-refractivity contribution < 1.29 is 27.8 Å². The van der Waals surface area contributed by atoms with E-state index in [2.05, 4.69) is 15.3 Å². The van der Waals surface area contributed by atoms with Gasteiger partial charge in [-0.25, -0.2) is 13.8 Å². The smallest absolute Gasteiger partial charge is 0.262 e. The lowest BCUT2D eigenvalue weighted by Gasteiger charge is -2.16. The maximum atomic E-state index is 15.2. The number of ether oxygens (including phenoxy) is 3. The van der Waals surface area contributed by atoms with Gasteiger partial charge in [-0.3, -0.25) is 14.6 Å². The number of anilines is 1. The van der Waals surface area contributed by atoms with Crippen molar-refractivity contribution in [1.29, 1.82) is 0 Å². The van der Waals surface area contributed by atoms with Crippen LogP contribution in [0.1, 0.15) is 16.1 Å². The number of amides is 1. The van der Waals surface area contributed by atoms with Crippen LogP contribution in [0.5, 0.6) is 23.1 Å². The normalized spacial score (nSPS) is 10.9. The molecule has 0 bridgehead atoms. The second-order valence-electron chi connectivity index (χ2n) is 9.10. The molecule has 9 nitrogen and oxygen atoms in total. The molecular weight excluding hydrogens is 570 g/mol. The number of carbonyl (C=O) groups excluding carboxylic acids is 1. The van der Waals surface area contributed by atoms with E-state index in [0.717, 1.165) is 6.07 Å². The first-order valence-corrected chi connectivity index (χ1v) is 12.8. The van der Waals surface area contributed by atoms with Crippen molar-refractivity contribution in [1.82, 2.24) is 14.5 Å². The van der Waals surface area contributed by atoms with Gasteiger partial charge in [0.05, 0.1) is 19.7 Å². The molecule has 2 aromatic carbocycles. The summed E-state index contributed by atoms with van der Waals surface area (Å²) >= 11 is 6.40. The SMILES string of the molecule is COc1cc2nccc(Oc3ccc(NC(=O)c4c(Cl)n(C)c(C)c(-c5ccc(F)cc5)c4=O)cc3F)c2nc1OC. The van der Waals surface area contributed by atoms with Crippen molar-refractivity contribution in [2.75, 3.05) is 19.5 Å². The van der Waals surface area contributed by atoms with Crippen LogP contribution < -0.4 is 25.0 Å². The number of aromatic nitrogens is 3. The number of benzene rings is 2. The highest BCUT2D eigenvalue weighted by Gasteiger charge is 2.24. The summed E-state index contributed by atoms with van der Waals surface area (Å²) in [5.41, 5.74) is 0.898. The number of pyridine rings is 3. The Morgan fingerprint density at radius 2 is 1.71 bits per heavy atom. The van der Waals surface area contributed by atoms with Gasteiger partial charge in [-0.2, -0.15) is 0 Å². The Kier molecular flexibility index (Phi) is 7.77.